The Hall–Kier alpha value is -3.82. The molecule has 3 aliphatic rings. The molecule has 2 aromatic rings. The minimum Gasteiger partial charge on any atom is -0.502 e. The van der Waals surface area contributed by atoms with Gasteiger partial charge in [-0.05, 0) is 41.0 Å². The van der Waals surface area contributed by atoms with E-state index in [-0.39, 0.29) is 48.6 Å². The Balaban J connectivity index is 1.74. The van der Waals surface area contributed by atoms with Gasteiger partial charge in [-0.15, -0.1) is 0 Å². The van der Waals surface area contributed by atoms with Gasteiger partial charge < -0.3 is 39.4 Å². The zero-order chi connectivity index (χ0) is 23.3. The van der Waals surface area contributed by atoms with Crippen LogP contribution in [0.25, 0.3) is 0 Å². The van der Waals surface area contributed by atoms with Crippen molar-refractivity contribution < 1.29 is 38.4 Å². The first-order valence-electron chi connectivity index (χ1n) is 10.5. The number of hydrogen-bond donors (Lipinski definition) is 3. The van der Waals surface area contributed by atoms with E-state index >= 15 is 0 Å². The summed E-state index contributed by atoms with van der Waals surface area (Å²) in [5, 5.41) is 15.9. The number of carbonyl (C=O) groups excluding carboxylic acids is 2. The first-order valence-corrected chi connectivity index (χ1v) is 10.5. The van der Waals surface area contributed by atoms with E-state index in [9.17, 15) is 14.7 Å². The number of urea groups is 1. The number of ether oxygens (including phenoxy) is 5. The second-order valence-corrected chi connectivity index (χ2v) is 8.11. The lowest BCUT2D eigenvalue weighted by molar-refractivity contribution is -0.141. The fraction of sp³-hybridized carbons (Fsp3) is 0.391. The van der Waals surface area contributed by atoms with Crippen LogP contribution in [0.4, 0.5) is 4.79 Å². The largest absolute Gasteiger partial charge is 0.502 e. The van der Waals surface area contributed by atoms with Gasteiger partial charge in [-0.2, -0.15) is 0 Å². The molecule has 0 unspecified atom stereocenters. The van der Waals surface area contributed by atoms with Crippen LogP contribution in [0.1, 0.15) is 28.7 Å². The van der Waals surface area contributed by atoms with Gasteiger partial charge >= 0.3 is 12.0 Å². The summed E-state index contributed by atoms with van der Waals surface area (Å²) in [4.78, 5) is 25.3. The van der Waals surface area contributed by atoms with E-state index in [1.54, 1.807) is 12.1 Å². The Bertz CT molecular complexity index is 1110. The standard InChI is InChI=1S/C23H24N2O8/c1-24-23(28)25-20-12-7-15-14(32-9-33-15)6-11(12)18(19-13(20)8-31-22(19)27)10-4-16(29-2)21(26)17(5-10)30-3/h4-7,13,18-20,26H,8-9H2,1-3H3,(H2,24,25,28)/t13-,18+,19-,20+/m0/s1. The number of esters is 1. The summed E-state index contributed by atoms with van der Waals surface area (Å²) in [7, 11) is 4.42. The predicted octanol–water partition coefficient (Wildman–Crippen LogP) is 2.04. The first-order chi connectivity index (χ1) is 16.0. The summed E-state index contributed by atoms with van der Waals surface area (Å²) in [6.07, 6.45) is 0. The molecule has 0 aromatic heterocycles. The van der Waals surface area contributed by atoms with Crippen LogP contribution in [-0.4, -0.2) is 51.8 Å². The molecule has 2 heterocycles. The fourth-order valence-corrected chi connectivity index (χ4v) is 5.05. The van der Waals surface area contributed by atoms with Crippen molar-refractivity contribution in [3.05, 3.63) is 41.0 Å². The fourth-order valence-electron chi connectivity index (χ4n) is 5.05. The predicted molar refractivity (Wildman–Crippen MR) is 114 cm³/mol. The second-order valence-electron chi connectivity index (χ2n) is 8.11. The van der Waals surface area contributed by atoms with Crippen LogP contribution in [0.15, 0.2) is 24.3 Å². The third-order valence-electron chi connectivity index (χ3n) is 6.56. The van der Waals surface area contributed by atoms with Crippen LogP contribution in [0.5, 0.6) is 28.7 Å². The summed E-state index contributed by atoms with van der Waals surface area (Å²) in [6.45, 7) is 0.251. The Morgan fingerprint density at radius 1 is 1.03 bits per heavy atom. The zero-order valence-electron chi connectivity index (χ0n) is 18.3. The van der Waals surface area contributed by atoms with E-state index in [2.05, 4.69) is 10.6 Å². The van der Waals surface area contributed by atoms with Gasteiger partial charge in [0.05, 0.1) is 32.8 Å². The summed E-state index contributed by atoms with van der Waals surface area (Å²) >= 11 is 0. The topological polar surface area (TPSA) is 125 Å². The lowest BCUT2D eigenvalue weighted by Crippen LogP contribution is -2.45. The third-order valence-corrected chi connectivity index (χ3v) is 6.56. The van der Waals surface area contributed by atoms with E-state index in [4.69, 9.17) is 23.7 Å². The number of benzene rings is 2. The van der Waals surface area contributed by atoms with Crippen LogP contribution >= 0.6 is 0 Å². The molecule has 1 saturated heterocycles. The SMILES string of the molecule is CNC(=O)N[C@@H]1c2cc3c(cc2[C@@H](c2cc(OC)c(O)c(OC)c2)[C@H]2C(=O)OC[C@@H]21)OCO3. The van der Waals surface area contributed by atoms with Gasteiger partial charge in [0, 0.05) is 18.9 Å². The number of amides is 2. The molecule has 10 nitrogen and oxygen atoms in total. The van der Waals surface area contributed by atoms with Crippen molar-refractivity contribution in [2.24, 2.45) is 11.8 Å². The molecule has 0 spiro atoms. The Morgan fingerprint density at radius 3 is 2.27 bits per heavy atom. The van der Waals surface area contributed by atoms with Crippen LogP contribution in [0.3, 0.4) is 0 Å². The molecule has 1 fully saturated rings. The van der Waals surface area contributed by atoms with Crippen molar-refractivity contribution in [2.45, 2.75) is 12.0 Å². The van der Waals surface area contributed by atoms with Crippen LogP contribution in [-0.2, 0) is 9.53 Å². The highest BCUT2D eigenvalue weighted by Crippen LogP contribution is 2.55. The summed E-state index contributed by atoms with van der Waals surface area (Å²) < 4.78 is 27.4. The molecule has 2 aromatic carbocycles. The van der Waals surface area contributed by atoms with Gasteiger partial charge in [0.2, 0.25) is 12.5 Å². The summed E-state index contributed by atoms with van der Waals surface area (Å²) in [6, 6.07) is 6.21. The number of methoxy groups -OCH3 is 2. The highest BCUT2D eigenvalue weighted by atomic mass is 16.7. The lowest BCUT2D eigenvalue weighted by atomic mass is 9.65. The van der Waals surface area contributed by atoms with Crippen molar-refractivity contribution in [1.29, 1.82) is 0 Å². The maximum absolute atomic E-state index is 13.0. The Morgan fingerprint density at radius 2 is 1.67 bits per heavy atom. The maximum atomic E-state index is 13.0. The Kier molecular flexibility index (Phi) is 5.07. The lowest BCUT2D eigenvalue weighted by Gasteiger charge is -2.39. The van der Waals surface area contributed by atoms with E-state index in [0.29, 0.717) is 17.1 Å². The minimum absolute atomic E-state index is 0.0895. The van der Waals surface area contributed by atoms with Crippen LogP contribution in [0, 0.1) is 11.8 Å². The highest BCUT2D eigenvalue weighted by Gasteiger charge is 2.53. The minimum atomic E-state index is -0.584. The number of nitrogens with one attached hydrogen (secondary N) is 2. The second kappa shape index (κ2) is 7.95. The Labute approximate surface area is 189 Å². The number of aromatic hydroxyl groups is 1. The van der Waals surface area contributed by atoms with Gasteiger partial charge in [0.15, 0.2) is 23.0 Å². The molecule has 1 aliphatic carbocycles. The number of phenolic OH excluding ortho intramolecular Hbond substituents is 1. The van der Waals surface area contributed by atoms with Gasteiger partial charge in [-0.3, -0.25) is 4.79 Å². The molecule has 174 valence electrons. The monoisotopic (exact) mass is 456 g/mol. The molecule has 3 N–H and O–H groups in total. The van der Waals surface area contributed by atoms with E-state index < -0.39 is 17.9 Å². The summed E-state index contributed by atoms with van der Waals surface area (Å²) in [5.74, 6) is -0.280. The van der Waals surface area contributed by atoms with E-state index in [1.807, 2.05) is 12.1 Å². The van der Waals surface area contributed by atoms with Crippen molar-refractivity contribution in [3.8, 4) is 28.7 Å². The molecule has 5 rings (SSSR count). The van der Waals surface area contributed by atoms with Gasteiger partial charge in [-0.25, -0.2) is 4.79 Å². The highest BCUT2D eigenvalue weighted by molar-refractivity contribution is 5.80. The maximum Gasteiger partial charge on any atom is 0.315 e. The van der Waals surface area contributed by atoms with Crippen molar-refractivity contribution in [1.82, 2.24) is 10.6 Å². The number of rotatable bonds is 4. The molecular weight excluding hydrogens is 432 g/mol. The average molecular weight is 456 g/mol. The van der Waals surface area contributed by atoms with Crippen LogP contribution < -0.4 is 29.6 Å². The molecule has 0 radical (unpaired) electrons. The van der Waals surface area contributed by atoms with E-state index in [1.165, 1.54) is 21.3 Å². The van der Waals surface area contributed by atoms with Crippen molar-refractivity contribution >= 4 is 12.0 Å². The van der Waals surface area contributed by atoms with E-state index in [0.717, 1.165) is 11.1 Å². The first kappa shape index (κ1) is 21.0. The number of hydrogen-bond acceptors (Lipinski definition) is 8. The van der Waals surface area contributed by atoms with Crippen molar-refractivity contribution in [2.75, 3.05) is 34.7 Å². The molecule has 0 bridgehead atoms. The van der Waals surface area contributed by atoms with Gasteiger partial charge in [0.25, 0.3) is 0 Å². The molecular formula is C23H24N2O8. The quantitative estimate of drug-likeness (QED) is 0.597. The number of phenols is 1. The molecule has 2 aliphatic heterocycles. The van der Waals surface area contributed by atoms with Crippen molar-refractivity contribution in [3.63, 3.8) is 0 Å². The average Bonchev–Trinajstić information content (AvgIpc) is 3.44. The molecule has 2 amide bonds. The third kappa shape index (κ3) is 3.24. The number of fused-ring (bicyclic) bond motifs is 3. The van der Waals surface area contributed by atoms with Gasteiger partial charge in [0.1, 0.15) is 0 Å². The molecule has 4 atom stereocenters. The van der Waals surface area contributed by atoms with Crippen LogP contribution in [0.2, 0.25) is 0 Å². The zero-order valence-corrected chi connectivity index (χ0v) is 18.3. The summed E-state index contributed by atoms with van der Waals surface area (Å²) in [5.41, 5.74) is 2.29. The normalized spacial score (nSPS) is 24.4. The number of cyclic esters (lactones) is 1. The smallest absolute Gasteiger partial charge is 0.315 e. The van der Waals surface area contributed by atoms with Gasteiger partial charge in [-0.1, -0.05) is 0 Å². The molecule has 33 heavy (non-hydrogen) atoms. The number of carbonyl (C=O) groups is 2. The molecule has 10 heteroatoms. The molecule has 0 saturated carbocycles.